The Morgan fingerprint density at radius 3 is 2.82 bits per heavy atom. The van der Waals surface area contributed by atoms with Crippen LogP contribution < -0.4 is 16.2 Å². The van der Waals surface area contributed by atoms with Gasteiger partial charge in [-0.3, -0.25) is 4.98 Å². The van der Waals surface area contributed by atoms with E-state index < -0.39 is 0 Å². The van der Waals surface area contributed by atoms with E-state index in [1.807, 2.05) is 24.1 Å². The molecular weight excluding hydrogens is 214 g/mol. The molecule has 0 aliphatic carbocycles. The number of anilines is 3. The normalized spacial score (nSPS) is 10.1. The van der Waals surface area contributed by atoms with Crippen LogP contribution in [0.25, 0.3) is 0 Å². The van der Waals surface area contributed by atoms with E-state index in [9.17, 15) is 0 Å². The largest absolute Gasteiger partial charge is 0.328 e. The van der Waals surface area contributed by atoms with Crippen LogP contribution >= 0.6 is 0 Å². The predicted octanol–water partition coefficient (Wildman–Crippen LogP) is 1.84. The highest BCUT2D eigenvalue weighted by Gasteiger charge is 2.06. The number of benzene rings is 1. The van der Waals surface area contributed by atoms with Crippen LogP contribution in [0.3, 0.4) is 0 Å². The van der Waals surface area contributed by atoms with Crippen LogP contribution in [0.4, 0.5) is 17.3 Å². The van der Waals surface area contributed by atoms with E-state index in [4.69, 9.17) is 5.84 Å². The van der Waals surface area contributed by atoms with Crippen LogP contribution in [-0.4, -0.2) is 17.0 Å². The molecule has 5 nitrogen and oxygen atoms in total. The molecule has 0 saturated carbocycles. The van der Waals surface area contributed by atoms with Gasteiger partial charge in [0.1, 0.15) is 0 Å². The number of nitrogens with one attached hydrogen (secondary N) is 1. The zero-order valence-corrected chi connectivity index (χ0v) is 9.88. The zero-order chi connectivity index (χ0) is 12.3. The van der Waals surface area contributed by atoms with Gasteiger partial charge in [0.15, 0.2) is 11.6 Å². The fourth-order valence-electron chi connectivity index (χ4n) is 1.56. The predicted molar refractivity (Wildman–Crippen MR) is 69.1 cm³/mol. The molecule has 0 amide bonds. The number of nitrogens with two attached hydrogens (primary N) is 1. The van der Waals surface area contributed by atoms with Gasteiger partial charge in [-0.25, -0.2) is 10.8 Å². The van der Waals surface area contributed by atoms with Gasteiger partial charge in [0.25, 0.3) is 0 Å². The third-order valence-electron chi connectivity index (χ3n) is 2.50. The lowest BCUT2D eigenvalue weighted by Crippen LogP contribution is -2.14. The van der Waals surface area contributed by atoms with Gasteiger partial charge < -0.3 is 10.3 Å². The van der Waals surface area contributed by atoms with Gasteiger partial charge in [-0.05, 0) is 24.6 Å². The highest BCUT2D eigenvalue weighted by Crippen LogP contribution is 2.22. The zero-order valence-electron chi connectivity index (χ0n) is 9.88. The third-order valence-corrected chi connectivity index (χ3v) is 2.50. The molecule has 17 heavy (non-hydrogen) atoms. The van der Waals surface area contributed by atoms with Crippen molar-refractivity contribution in [2.24, 2.45) is 5.84 Å². The number of hydrogen-bond donors (Lipinski definition) is 2. The van der Waals surface area contributed by atoms with Crippen LogP contribution in [0.5, 0.6) is 0 Å². The Kier molecular flexibility index (Phi) is 3.20. The van der Waals surface area contributed by atoms with Crippen molar-refractivity contribution < 1.29 is 0 Å². The smallest absolute Gasteiger partial charge is 0.160 e. The Hall–Kier alpha value is -2.14. The van der Waals surface area contributed by atoms with Gasteiger partial charge >= 0.3 is 0 Å². The number of hydrogen-bond acceptors (Lipinski definition) is 5. The number of nitrogens with zero attached hydrogens (tertiary/aromatic N) is 3. The van der Waals surface area contributed by atoms with Crippen molar-refractivity contribution in [3.05, 3.63) is 42.2 Å². The Balaban J connectivity index is 2.33. The van der Waals surface area contributed by atoms with Gasteiger partial charge in [0.2, 0.25) is 0 Å². The first-order valence-electron chi connectivity index (χ1n) is 5.30. The number of aryl methyl sites for hydroxylation is 1. The minimum absolute atomic E-state index is 0.544. The first-order chi connectivity index (χ1) is 8.20. The summed E-state index contributed by atoms with van der Waals surface area (Å²) in [6.45, 7) is 2.06. The lowest BCUT2D eigenvalue weighted by atomic mass is 10.2. The lowest BCUT2D eigenvalue weighted by Gasteiger charge is -2.18. The standard InChI is InChI=1S/C12H15N5/c1-9-4-3-5-10(6-9)17(2)12-8-14-7-11(15-12)16-13/h3-8H,13H2,1-2H3,(H,15,16). The molecular formula is C12H15N5. The molecule has 2 aromatic rings. The Morgan fingerprint density at radius 2 is 2.12 bits per heavy atom. The molecule has 0 spiro atoms. The number of aromatic nitrogens is 2. The molecule has 0 unspecified atom stereocenters. The molecule has 0 aliphatic heterocycles. The second-order valence-corrected chi connectivity index (χ2v) is 3.80. The summed E-state index contributed by atoms with van der Waals surface area (Å²) in [7, 11) is 1.94. The maximum Gasteiger partial charge on any atom is 0.160 e. The van der Waals surface area contributed by atoms with Crippen LogP contribution in [0.15, 0.2) is 36.7 Å². The fraction of sp³-hybridized carbons (Fsp3) is 0.167. The monoisotopic (exact) mass is 229 g/mol. The quantitative estimate of drug-likeness (QED) is 0.621. The van der Waals surface area contributed by atoms with Gasteiger partial charge in [0, 0.05) is 12.7 Å². The molecule has 5 heteroatoms. The molecule has 0 atom stereocenters. The minimum Gasteiger partial charge on any atom is -0.328 e. The molecule has 1 aromatic heterocycles. The molecule has 1 heterocycles. The molecule has 88 valence electrons. The first kappa shape index (κ1) is 11.3. The highest BCUT2D eigenvalue weighted by molar-refractivity contribution is 5.60. The van der Waals surface area contributed by atoms with E-state index in [0.29, 0.717) is 5.82 Å². The SMILES string of the molecule is Cc1cccc(N(C)c2cncc(NN)n2)c1. The van der Waals surface area contributed by atoms with E-state index >= 15 is 0 Å². The summed E-state index contributed by atoms with van der Waals surface area (Å²) in [4.78, 5) is 10.4. The highest BCUT2D eigenvalue weighted by atomic mass is 15.3. The second-order valence-electron chi connectivity index (χ2n) is 3.80. The van der Waals surface area contributed by atoms with Crippen molar-refractivity contribution in [1.82, 2.24) is 9.97 Å². The van der Waals surface area contributed by atoms with E-state index in [1.165, 1.54) is 5.56 Å². The summed E-state index contributed by atoms with van der Waals surface area (Å²) in [5.74, 6) is 6.60. The number of hydrazine groups is 1. The average Bonchev–Trinajstić information content (AvgIpc) is 2.38. The van der Waals surface area contributed by atoms with E-state index in [1.54, 1.807) is 12.4 Å². The molecule has 0 fully saturated rings. The summed E-state index contributed by atoms with van der Waals surface area (Å²) in [6, 6.07) is 8.18. The average molecular weight is 229 g/mol. The van der Waals surface area contributed by atoms with Gasteiger partial charge in [0.05, 0.1) is 12.4 Å². The van der Waals surface area contributed by atoms with Gasteiger partial charge in [-0.2, -0.15) is 0 Å². The second kappa shape index (κ2) is 4.80. The van der Waals surface area contributed by atoms with Crippen LogP contribution in [-0.2, 0) is 0 Å². The van der Waals surface area contributed by atoms with E-state index in [0.717, 1.165) is 11.5 Å². The molecule has 1 aromatic carbocycles. The van der Waals surface area contributed by atoms with Crippen molar-refractivity contribution >= 4 is 17.3 Å². The first-order valence-corrected chi connectivity index (χ1v) is 5.30. The van der Waals surface area contributed by atoms with Crippen molar-refractivity contribution in [1.29, 1.82) is 0 Å². The van der Waals surface area contributed by atoms with Crippen molar-refractivity contribution in [2.45, 2.75) is 6.92 Å². The maximum absolute atomic E-state index is 5.31. The molecule has 0 saturated heterocycles. The third kappa shape index (κ3) is 2.51. The van der Waals surface area contributed by atoms with Crippen LogP contribution in [0.1, 0.15) is 5.56 Å². The molecule has 2 rings (SSSR count). The molecule has 3 N–H and O–H groups in total. The summed E-state index contributed by atoms with van der Waals surface area (Å²) < 4.78 is 0. The fourth-order valence-corrected chi connectivity index (χ4v) is 1.56. The summed E-state index contributed by atoms with van der Waals surface area (Å²) >= 11 is 0. The Morgan fingerprint density at radius 1 is 1.29 bits per heavy atom. The Labute approximate surface area is 100 Å². The van der Waals surface area contributed by atoms with Crippen LogP contribution in [0, 0.1) is 6.92 Å². The van der Waals surface area contributed by atoms with Crippen molar-refractivity contribution in [3.63, 3.8) is 0 Å². The van der Waals surface area contributed by atoms with Gasteiger partial charge in [-0.15, -0.1) is 0 Å². The number of nitrogen functional groups attached to an aromatic ring is 1. The van der Waals surface area contributed by atoms with Crippen molar-refractivity contribution in [3.8, 4) is 0 Å². The Bertz CT molecular complexity index is 512. The molecule has 0 aliphatic rings. The summed E-state index contributed by atoms with van der Waals surface area (Å²) in [5.41, 5.74) is 4.75. The topological polar surface area (TPSA) is 67.1 Å². The van der Waals surface area contributed by atoms with E-state index in [-0.39, 0.29) is 0 Å². The lowest BCUT2D eigenvalue weighted by molar-refractivity contribution is 1.07. The molecule has 0 bridgehead atoms. The van der Waals surface area contributed by atoms with Crippen LogP contribution in [0.2, 0.25) is 0 Å². The molecule has 0 radical (unpaired) electrons. The maximum atomic E-state index is 5.31. The summed E-state index contributed by atoms with van der Waals surface area (Å²) in [5, 5.41) is 0. The van der Waals surface area contributed by atoms with Gasteiger partial charge in [-0.1, -0.05) is 12.1 Å². The minimum atomic E-state index is 0.544. The summed E-state index contributed by atoms with van der Waals surface area (Å²) in [6.07, 6.45) is 3.27. The van der Waals surface area contributed by atoms with E-state index in [2.05, 4.69) is 34.5 Å². The van der Waals surface area contributed by atoms with Crippen molar-refractivity contribution in [2.75, 3.05) is 17.4 Å². The number of rotatable bonds is 3.